The molecule has 0 aliphatic carbocycles. The third-order valence-corrected chi connectivity index (χ3v) is 5.24. The molecule has 0 aromatic heterocycles. The van der Waals surface area contributed by atoms with Crippen molar-refractivity contribution < 1.29 is 19.1 Å². The van der Waals surface area contributed by atoms with Crippen LogP contribution < -0.4 is 14.8 Å². The van der Waals surface area contributed by atoms with Crippen LogP contribution in [0, 0.1) is 11.8 Å². The van der Waals surface area contributed by atoms with Crippen LogP contribution in [0.4, 0.5) is 0 Å². The highest BCUT2D eigenvalue weighted by molar-refractivity contribution is 5.76. The van der Waals surface area contributed by atoms with E-state index in [-0.39, 0.29) is 18.6 Å². The molecular formula is C19H26N2O4. The molecule has 2 aliphatic rings. The average Bonchev–Trinajstić information content (AvgIpc) is 3.07. The van der Waals surface area contributed by atoms with E-state index in [0.29, 0.717) is 24.8 Å². The van der Waals surface area contributed by atoms with Gasteiger partial charge < -0.3 is 19.7 Å². The number of piperidine rings is 1. The normalized spacial score (nSPS) is 21.9. The summed E-state index contributed by atoms with van der Waals surface area (Å²) in [5.74, 6) is 2.42. The fourth-order valence-corrected chi connectivity index (χ4v) is 3.66. The Hall–Kier alpha value is -2.24. The number of carbonyl (C=O) groups excluding carboxylic acids is 2. The molecule has 3 rings (SSSR count). The lowest BCUT2D eigenvalue weighted by Crippen LogP contribution is -2.43. The molecule has 0 unspecified atom stereocenters. The number of benzene rings is 1. The molecule has 2 amide bonds. The monoisotopic (exact) mass is 346 g/mol. The predicted octanol–water partition coefficient (Wildman–Crippen LogP) is 2.32. The van der Waals surface area contributed by atoms with Gasteiger partial charge in [-0.3, -0.25) is 9.59 Å². The van der Waals surface area contributed by atoms with Crippen LogP contribution in [0.2, 0.25) is 0 Å². The van der Waals surface area contributed by atoms with E-state index < -0.39 is 0 Å². The minimum atomic E-state index is 0.0670. The molecule has 1 aromatic carbocycles. The number of rotatable bonds is 5. The summed E-state index contributed by atoms with van der Waals surface area (Å²) in [5, 5.41) is 3.00. The van der Waals surface area contributed by atoms with Crippen LogP contribution in [0.15, 0.2) is 18.2 Å². The molecule has 0 spiro atoms. The maximum atomic E-state index is 12.3. The minimum absolute atomic E-state index is 0.0670. The van der Waals surface area contributed by atoms with Gasteiger partial charge in [0, 0.05) is 33.0 Å². The van der Waals surface area contributed by atoms with E-state index in [0.717, 1.165) is 43.0 Å². The molecule has 1 N–H and O–H groups in total. The highest BCUT2D eigenvalue weighted by Gasteiger charge is 2.30. The summed E-state index contributed by atoms with van der Waals surface area (Å²) in [4.78, 5) is 25.8. The van der Waals surface area contributed by atoms with Crippen LogP contribution in [0.25, 0.3) is 0 Å². The van der Waals surface area contributed by atoms with Crippen molar-refractivity contribution in [2.45, 2.75) is 39.7 Å². The Kier molecular flexibility index (Phi) is 5.46. The number of hydrogen-bond donors (Lipinski definition) is 1. The van der Waals surface area contributed by atoms with Gasteiger partial charge in [-0.15, -0.1) is 0 Å². The van der Waals surface area contributed by atoms with Crippen LogP contribution in [0.1, 0.15) is 38.7 Å². The first-order chi connectivity index (χ1) is 12.1. The van der Waals surface area contributed by atoms with Crippen molar-refractivity contribution in [2.24, 2.45) is 11.8 Å². The molecule has 0 radical (unpaired) electrons. The Morgan fingerprint density at radius 1 is 1.24 bits per heavy atom. The maximum Gasteiger partial charge on any atom is 0.231 e. The van der Waals surface area contributed by atoms with Crippen molar-refractivity contribution in [1.82, 2.24) is 10.2 Å². The van der Waals surface area contributed by atoms with Crippen LogP contribution >= 0.6 is 0 Å². The minimum Gasteiger partial charge on any atom is -0.454 e. The van der Waals surface area contributed by atoms with Crippen LogP contribution in [0.5, 0.6) is 11.5 Å². The summed E-state index contributed by atoms with van der Waals surface area (Å²) in [6.45, 7) is 6.01. The summed E-state index contributed by atoms with van der Waals surface area (Å²) in [7, 11) is 0. The lowest BCUT2D eigenvalue weighted by Gasteiger charge is -2.37. The lowest BCUT2D eigenvalue weighted by molar-refractivity contribution is -0.132. The molecule has 2 atom stereocenters. The number of fused-ring (bicyclic) bond motifs is 1. The fourth-order valence-electron chi connectivity index (χ4n) is 3.66. The van der Waals surface area contributed by atoms with Gasteiger partial charge in [0.05, 0.1) is 0 Å². The lowest BCUT2D eigenvalue weighted by atomic mass is 9.81. The first kappa shape index (κ1) is 17.6. The van der Waals surface area contributed by atoms with Crippen molar-refractivity contribution in [3.8, 4) is 11.5 Å². The first-order valence-corrected chi connectivity index (χ1v) is 8.97. The van der Waals surface area contributed by atoms with Gasteiger partial charge in [0.1, 0.15) is 0 Å². The Balaban J connectivity index is 1.49. The third kappa shape index (κ3) is 4.24. The SMILES string of the molecule is CC[C@H]1CN(C(C)=O)CC[C@H]1CC(=O)NCc1ccc2c(c1)OCO2. The second-order valence-corrected chi connectivity index (χ2v) is 6.85. The van der Waals surface area contributed by atoms with E-state index in [9.17, 15) is 9.59 Å². The average molecular weight is 346 g/mol. The summed E-state index contributed by atoms with van der Waals surface area (Å²) in [5.41, 5.74) is 0.996. The zero-order valence-electron chi connectivity index (χ0n) is 14.9. The number of likely N-dealkylation sites (tertiary alicyclic amines) is 1. The van der Waals surface area contributed by atoms with Gasteiger partial charge in [-0.05, 0) is 36.0 Å². The number of ether oxygens (including phenoxy) is 2. The van der Waals surface area contributed by atoms with Gasteiger partial charge in [-0.2, -0.15) is 0 Å². The number of nitrogens with one attached hydrogen (secondary N) is 1. The van der Waals surface area contributed by atoms with Crippen molar-refractivity contribution in [3.05, 3.63) is 23.8 Å². The van der Waals surface area contributed by atoms with E-state index in [4.69, 9.17) is 9.47 Å². The van der Waals surface area contributed by atoms with Crippen molar-refractivity contribution in [1.29, 1.82) is 0 Å². The Labute approximate surface area is 148 Å². The highest BCUT2D eigenvalue weighted by Crippen LogP contribution is 2.32. The Bertz CT molecular complexity index is 646. The van der Waals surface area contributed by atoms with Crippen molar-refractivity contribution in [2.75, 3.05) is 19.9 Å². The molecule has 1 aromatic rings. The summed E-state index contributed by atoms with van der Waals surface area (Å²) >= 11 is 0. The molecule has 6 nitrogen and oxygen atoms in total. The first-order valence-electron chi connectivity index (χ1n) is 8.97. The maximum absolute atomic E-state index is 12.3. The molecule has 2 heterocycles. The van der Waals surface area contributed by atoms with Gasteiger partial charge >= 0.3 is 0 Å². The second-order valence-electron chi connectivity index (χ2n) is 6.85. The van der Waals surface area contributed by atoms with Crippen molar-refractivity contribution in [3.63, 3.8) is 0 Å². The smallest absolute Gasteiger partial charge is 0.231 e. The van der Waals surface area contributed by atoms with E-state index in [2.05, 4.69) is 12.2 Å². The van der Waals surface area contributed by atoms with Crippen molar-refractivity contribution >= 4 is 11.8 Å². The van der Waals surface area contributed by atoms with Gasteiger partial charge in [0.25, 0.3) is 0 Å². The molecule has 0 bridgehead atoms. The quantitative estimate of drug-likeness (QED) is 0.888. The molecular weight excluding hydrogens is 320 g/mol. The summed E-state index contributed by atoms with van der Waals surface area (Å²) < 4.78 is 10.6. The highest BCUT2D eigenvalue weighted by atomic mass is 16.7. The fraction of sp³-hybridized carbons (Fsp3) is 0.579. The number of amides is 2. The Morgan fingerprint density at radius 2 is 2.04 bits per heavy atom. The molecule has 0 saturated carbocycles. The van der Waals surface area contributed by atoms with Gasteiger partial charge in [0.2, 0.25) is 18.6 Å². The largest absolute Gasteiger partial charge is 0.454 e. The van der Waals surface area contributed by atoms with Gasteiger partial charge in [-0.25, -0.2) is 0 Å². The summed E-state index contributed by atoms with van der Waals surface area (Å²) in [6, 6.07) is 5.71. The zero-order valence-corrected chi connectivity index (χ0v) is 14.9. The van der Waals surface area contributed by atoms with Gasteiger partial charge in [-0.1, -0.05) is 19.4 Å². The van der Waals surface area contributed by atoms with Crippen LogP contribution in [0.3, 0.4) is 0 Å². The Morgan fingerprint density at radius 3 is 2.80 bits per heavy atom. The topological polar surface area (TPSA) is 67.9 Å². The van der Waals surface area contributed by atoms with Gasteiger partial charge in [0.15, 0.2) is 11.5 Å². The van der Waals surface area contributed by atoms with Crippen LogP contribution in [-0.4, -0.2) is 36.6 Å². The van der Waals surface area contributed by atoms with E-state index >= 15 is 0 Å². The molecule has 1 fully saturated rings. The standard InChI is InChI=1S/C19H26N2O4/c1-3-15-11-21(13(2)22)7-6-16(15)9-19(23)20-10-14-4-5-17-18(8-14)25-12-24-17/h4-5,8,15-16H,3,6-7,9-12H2,1-2H3,(H,20,23)/t15-,16-/m0/s1. The molecule has 6 heteroatoms. The second kappa shape index (κ2) is 7.76. The zero-order chi connectivity index (χ0) is 17.8. The van der Waals surface area contributed by atoms with E-state index in [1.165, 1.54) is 0 Å². The molecule has 2 aliphatic heterocycles. The molecule has 1 saturated heterocycles. The summed E-state index contributed by atoms with van der Waals surface area (Å²) in [6.07, 6.45) is 2.41. The number of carbonyl (C=O) groups is 2. The third-order valence-electron chi connectivity index (χ3n) is 5.24. The van der Waals surface area contributed by atoms with E-state index in [1.54, 1.807) is 6.92 Å². The number of hydrogen-bond acceptors (Lipinski definition) is 4. The van der Waals surface area contributed by atoms with Crippen LogP contribution in [-0.2, 0) is 16.1 Å². The molecule has 136 valence electrons. The predicted molar refractivity (Wildman–Crippen MR) is 93.2 cm³/mol. The number of nitrogens with zero attached hydrogens (tertiary/aromatic N) is 1. The molecule has 25 heavy (non-hydrogen) atoms. The van der Waals surface area contributed by atoms with E-state index in [1.807, 2.05) is 23.1 Å².